The number of unbranched alkanes of at least 4 members (excludes halogenated alkanes) is 6. The van der Waals surface area contributed by atoms with E-state index in [4.69, 9.17) is 0 Å². The van der Waals surface area contributed by atoms with Crippen LogP contribution in [0.1, 0.15) is 75.0 Å². The van der Waals surface area contributed by atoms with Crippen molar-refractivity contribution in [3.8, 4) is 40.4 Å². The maximum Gasteiger partial charge on any atom is 0.0535 e. The predicted molar refractivity (Wildman–Crippen MR) is 173 cm³/mol. The van der Waals surface area contributed by atoms with Gasteiger partial charge in [0.15, 0.2) is 0 Å². The molecule has 0 aliphatic heterocycles. The van der Waals surface area contributed by atoms with E-state index in [2.05, 4.69) is 73.1 Å². The van der Waals surface area contributed by atoms with Gasteiger partial charge in [0, 0.05) is 40.4 Å². The Kier molecular flexibility index (Phi) is 9.90. The number of thiophene rings is 5. The molecule has 0 unspecified atom stereocenters. The van der Waals surface area contributed by atoms with Gasteiger partial charge < -0.3 is 0 Å². The summed E-state index contributed by atoms with van der Waals surface area (Å²) < 4.78 is 0. The van der Waals surface area contributed by atoms with Crippen LogP contribution in [0.25, 0.3) is 40.4 Å². The van der Waals surface area contributed by atoms with Gasteiger partial charge in [-0.25, -0.2) is 0 Å². The molecule has 0 atom stereocenters. The predicted octanol–water partition coefficient (Wildman–Crippen LogP) is 12.9. The fourth-order valence-corrected chi connectivity index (χ4v) is 10.1. The second-order valence-corrected chi connectivity index (χ2v) is 14.9. The van der Waals surface area contributed by atoms with Crippen LogP contribution in [0.15, 0.2) is 59.3 Å². The third-order valence-corrected chi connectivity index (χ3v) is 12.4. The number of rotatable bonds is 14. The lowest BCUT2D eigenvalue weighted by molar-refractivity contribution is 0.670. The fraction of sp³-hybridized carbons (Fsp3) is 0.375. The largest absolute Gasteiger partial charge is 0.143 e. The normalized spacial score (nSPS) is 11.5. The Labute approximate surface area is 242 Å². The summed E-state index contributed by atoms with van der Waals surface area (Å²) in [7, 11) is 0. The lowest BCUT2D eigenvalue weighted by atomic mass is 10.1. The highest BCUT2D eigenvalue weighted by molar-refractivity contribution is 7.26. The zero-order valence-corrected chi connectivity index (χ0v) is 26.0. The second kappa shape index (κ2) is 13.5. The highest BCUT2D eigenvalue weighted by Gasteiger charge is 2.20. The molecule has 0 saturated carbocycles. The van der Waals surface area contributed by atoms with Crippen LogP contribution < -0.4 is 0 Å². The fourth-order valence-electron chi connectivity index (χ4n) is 4.74. The molecule has 0 radical (unpaired) electrons. The molecular weight excluding hydrogens is 545 g/mol. The van der Waals surface area contributed by atoms with Crippen molar-refractivity contribution in [2.75, 3.05) is 0 Å². The topological polar surface area (TPSA) is 0 Å². The molecule has 5 heterocycles. The maximum absolute atomic E-state index is 2.48. The van der Waals surface area contributed by atoms with Gasteiger partial charge in [-0.3, -0.25) is 0 Å². The summed E-state index contributed by atoms with van der Waals surface area (Å²) in [5, 5.41) is 4.44. The minimum atomic E-state index is 1.21. The van der Waals surface area contributed by atoms with Gasteiger partial charge in [-0.05, 0) is 78.9 Å². The molecule has 0 aliphatic carbocycles. The summed E-state index contributed by atoms with van der Waals surface area (Å²) in [5.74, 6) is 0. The highest BCUT2D eigenvalue weighted by atomic mass is 32.1. The van der Waals surface area contributed by atoms with E-state index >= 15 is 0 Å². The average molecular weight is 581 g/mol. The molecule has 0 aliphatic rings. The van der Waals surface area contributed by atoms with Crippen molar-refractivity contribution < 1.29 is 0 Å². The number of aryl methyl sites for hydroxylation is 2. The van der Waals surface area contributed by atoms with E-state index in [9.17, 15) is 0 Å². The molecule has 37 heavy (non-hydrogen) atoms. The Bertz CT molecular complexity index is 1290. The minimum absolute atomic E-state index is 1.21. The summed E-state index contributed by atoms with van der Waals surface area (Å²) in [6.45, 7) is 4.58. The van der Waals surface area contributed by atoms with E-state index in [-0.39, 0.29) is 0 Å². The molecule has 0 spiro atoms. The zero-order valence-electron chi connectivity index (χ0n) is 21.9. The molecule has 5 aromatic heterocycles. The van der Waals surface area contributed by atoms with Crippen molar-refractivity contribution in [1.82, 2.24) is 0 Å². The summed E-state index contributed by atoms with van der Waals surface area (Å²) >= 11 is 9.71. The molecule has 5 aromatic rings. The van der Waals surface area contributed by atoms with Crippen LogP contribution in [0.3, 0.4) is 0 Å². The van der Waals surface area contributed by atoms with Crippen LogP contribution in [-0.4, -0.2) is 0 Å². The lowest BCUT2D eigenvalue weighted by Gasteiger charge is -2.00. The summed E-state index contributed by atoms with van der Waals surface area (Å²) in [5.41, 5.74) is 2.81. The summed E-state index contributed by atoms with van der Waals surface area (Å²) in [6, 6.07) is 18.7. The third kappa shape index (κ3) is 6.75. The highest BCUT2D eigenvalue weighted by Crippen LogP contribution is 2.50. The van der Waals surface area contributed by atoms with Gasteiger partial charge in [0.1, 0.15) is 0 Å². The molecule has 0 saturated heterocycles. The first kappa shape index (κ1) is 27.1. The van der Waals surface area contributed by atoms with Crippen LogP contribution in [-0.2, 0) is 12.8 Å². The summed E-state index contributed by atoms with van der Waals surface area (Å²) in [4.78, 5) is 11.5. The van der Waals surface area contributed by atoms with Crippen LogP contribution in [0.5, 0.6) is 0 Å². The first-order valence-electron chi connectivity index (χ1n) is 13.7. The summed E-state index contributed by atoms with van der Waals surface area (Å²) in [6.07, 6.45) is 13.0. The Hall–Kier alpha value is -1.50. The van der Waals surface area contributed by atoms with E-state index < -0.39 is 0 Å². The van der Waals surface area contributed by atoms with Gasteiger partial charge in [0.25, 0.3) is 0 Å². The zero-order chi connectivity index (χ0) is 25.5. The molecule has 0 N–H and O–H groups in total. The Morgan fingerprint density at radius 3 is 1.89 bits per heavy atom. The quantitative estimate of drug-likeness (QED) is 0.115. The smallest absolute Gasteiger partial charge is 0.0535 e. The van der Waals surface area contributed by atoms with Crippen molar-refractivity contribution in [2.45, 2.75) is 78.1 Å². The van der Waals surface area contributed by atoms with Crippen molar-refractivity contribution >= 4 is 56.7 Å². The Balaban J connectivity index is 1.46. The second-order valence-electron chi connectivity index (χ2n) is 9.65. The monoisotopic (exact) mass is 580 g/mol. The molecular formula is C32H36S5. The molecule has 0 amide bonds. The molecule has 194 valence electrons. The van der Waals surface area contributed by atoms with Crippen molar-refractivity contribution in [3.05, 3.63) is 69.0 Å². The van der Waals surface area contributed by atoms with Crippen LogP contribution in [0, 0.1) is 0 Å². The number of hydrogen-bond acceptors (Lipinski definition) is 5. The van der Waals surface area contributed by atoms with Gasteiger partial charge >= 0.3 is 0 Å². The molecule has 5 heteroatoms. The molecule has 0 aromatic carbocycles. The van der Waals surface area contributed by atoms with E-state index in [1.165, 1.54) is 114 Å². The van der Waals surface area contributed by atoms with Crippen molar-refractivity contribution in [2.24, 2.45) is 0 Å². The Morgan fingerprint density at radius 1 is 0.514 bits per heavy atom. The lowest BCUT2D eigenvalue weighted by Crippen LogP contribution is -1.80. The minimum Gasteiger partial charge on any atom is -0.143 e. The third-order valence-electron chi connectivity index (χ3n) is 6.77. The molecule has 5 rings (SSSR count). The van der Waals surface area contributed by atoms with Gasteiger partial charge in [0.2, 0.25) is 0 Å². The SMILES string of the molecule is CCCCCCc1ccc(-c2cc(-c3ccsc3-c3cccs3)sc2-c2ccc(CCCCCC)s2)s1. The van der Waals surface area contributed by atoms with Gasteiger partial charge in [-0.1, -0.05) is 58.4 Å². The van der Waals surface area contributed by atoms with Crippen LogP contribution >= 0.6 is 56.7 Å². The molecule has 0 nitrogen and oxygen atoms in total. The number of hydrogen-bond donors (Lipinski definition) is 0. The van der Waals surface area contributed by atoms with E-state index in [0.717, 1.165) is 0 Å². The standard InChI is InChI=1S/C32H36S5/c1-3-5-7-9-12-23-15-17-27(35-23)26-22-30(25-19-21-34-31(25)28-14-11-20-33-28)37-32(26)29-18-16-24(36-29)13-10-8-6-4-2/h11,14-22H,3-10,12-13H2,1-2H3. The van der Waals surface area contributed by atoms with Gasteiger partial charge in [-0.2, -0.15) is 0 Å². The van der Waals surface area contributed by atoms with E-state index in [0.29, 0.717) is 0 Å². The van der Waals surface area contributed by atoms with Gasteiger partial charge in [0.05, 0.1) is 9.75 Å². The first-order chi connectivity index (χ1) is 18.3. The Morgan fingerprint density at radius 2 is 1.22 bits per heavy atom. The van der Waals surface area contributed by atoms with Crippen LogP contribution in [0.2, 0.25) is 0 Å². The van der Waals surface area contributed by atoms with E-state index in [1.54, 1.807) is 0 Å². The van der Waals surface area contributed by atoms with Crippen molar-refractivity contribution in [1.29, 1.82) is 0 Å². The van der Waals surface area contributed by atoms with E-state index in [1.807, 2.05) is 56.7 Å². The average Bonchev–Trinajstić information content (AvgIpc) is 3.73. The first-order valence-corrected chi connectivity index (χ1v) is 17.9. The molecule has 0 bridgehead atoms. The molecule has 0 fully saturated rings. The van der Waals surface area contributed by atoms with Gasteiger partial charge in [-0.15, -0.1) is 56.7 Å². The maximum atomic E-state index is 2.48. The van der Waals surface area contributed by atoms with Crippen molar-refractivity contribution in [3.63, 3.8) is 0 Å². The van der Waals surface area contributed by atoms with Crippen LogP contribution in [0.4, 0.5) is 0 Å².